The molecule has 65 heavy (non-hydrogen) atoms. The molecule has 0 aliphatic heterocycles. The molecule has 0 unspecified atom stereocenters. The first-order valence-corrected chi connectivity index (χ1v) is 21.4. The lowest BCUT2D eigenvalue weighted by Gasteiger charge is -2.37. The highest BCUT2D eigenvalue weighted by Crippen LogP contribution is 2.45. The number of ether oxygens (including phenoxy) is 2. The van der Waals surface area contributed by atoms with Crippen LogP contribution < -0.4 is 25.8 Å². The number of aliphatic hydroxyl groups excluding tert-OH is 6. The summed E-state index contributed by atoms with van der Waals surface area (Å²) in [6.45, 7) is 0. The van der Waals surface area contributed by atoms with Crippen LogP contribution in [0.15, 0.2) is 149 Å². The minimum atomic E-state index is -1.93. The molecule has 3 aromatic heterocycles. The van der Waals surface area contributed by atoms with Crippen molar-refractivity contribution in [2.45, 2.75) is 87.4 Å². The first-order chi connectivity index (χ1) is 31.4. The van der Waals surface area contributed by atoms with E-state index in [4.69, 9.17) is 22.7 Å². The van der Waals surface area contributed by atoms with Crippen LogP contribution in [0.1, 0.15) is 81.0 Å². The normalized spacial score (nSPS) is 22.6. The second-order valence-corrected chi connectivity index (χ2v) is 16.5. The Balaban J connectivity index is 1.12. The summed E-state index contributed by atoms with van der Waals surface area (Å²) < 4.78 is 31.0. The van der Waals surface area contributed by atoms with Crippen LogP contribution in [0.25, 0.3) is 11.0 Å². The largest absolute Gasteiger partial charge is 0.479 e. The number of rotatable bonds is 13. The van der Waals surface area contributed by atoms with Crippen LogP contribution in [0.3, 0.4) is 0 Å². The molecule has 0 amide bonds. The summed E-state index contributed by atoms with van der Waals surface area (Å²) in [5, 5.41) is 67.5. The van der Waals surface area contributed by atoms with Gasteiger partial charge in [0.15, 0.2) is 40.0 Å². The molecule has 0 saturated heterocycles. The van der Waals surface area contributed by atoms with Gasteiger partial charge in [-0.2, -0.15) is 0 Å². The zero-order valence-electron chi connectivity index (χ0n) is 34.9. The summed E-state index contributed by atoms with van der Waals surface area (Å²) in [6.07, 6.45) is -12.4. The van der Waals surface area contributed by atoms with Gasteiger partial charge in [-0.3, -0.25) is 14.4 Å². The standard InChI is InChI=1S/C51H46O14/c52-34-22-30(19-16-27-10-4-1-5-11-27)61-37-26-39(65-51-41-36(54)24-32(21-18-29-14-8-3-9-15-29)63-49(41)45(58)43(56)47(51)60)38(25-33(34)37)64-50-40-35(53)23-31(20-17-28-12-6-2-7-13-28)62-48(40)44(57)42(55)46(50)59/h1-15,22-26,42-47,50-51,55-60H,16-21H2/t42-,43-,44+,45-,46-,47-,50-,51-/m1/s1. The third kappa shape index (κ3) is 8.92. The van der Waals surface area contributed by atoms with E-state index in [0.717, 1.165) is 16.7 Å². The maximum absolute atomic E-state index is 14.0. The van der Waals surface area contributed by atoms with Gasteiger partial charge in [0.05, 0.1) is 16.5 Å². The average molecular weight is 883 g/mol. The molecule has 0 spiro atoms. The summed E-state index contributed by atoms with van der Waals surface area (Å²) in [4.78, 5) is 41.7. The highest BCUT2D eigenvalue weighted by molar-refractivity contribution is 5.81. The third-order valence-electron chi connectivity index (χ3n) is 12.1. The van der Waals surface area contributed by atoms with Crippen LogP contribution in [0.2, 0.25) is 0 Å². The van der Waals surface area contributed by atoms with Gasteiger partial charge in [0, 0.05) is 43.5 Å². The molecule has 14 nitrogen and oxygen atoms in total. The number of hydrogen-bond donors (Lipinski definition) is 6. The predicted octanol–water partition coefficient (Wildman–Crippen LogP) is 4.83. The quantitative estimate of drug-likeness (QED) is 0.0912. The Bertz CT molecular complexity index is 2980. The van der Waals surface area contributed by atoms with Gasteiger partial charge >= 0.3 is 0 Å². The second-order valence-electron chi connectivity index (χ2n) is 16.5. The molecule has 6 N–H and O–H groups in total. The van der Waals surface area contributed by atoms with Crippen molar-refractivity contribution in [3.8, 4) is 11.5 Å². The Morgan fingerprint density at radius 2 is 0.785 bits per heavy atom. The molecule has 4 aromatic carbocycles. The molecule has 0 bridgehead atoms. The zero-order valence-corrected chi connectivity index (χ0v) is 34.9. The van der Waals surface area contributed by atoms with Crippen molar-refractivity contribution in [1.82, 2.24) is 0 Å². The van der Waals surface area contributed by atoms with Gasteiger partial charge < -0.3 is 53.4 Å². The zero-order chi connectivity index (χ0) is 45.4. The smallest absolute Gasteiger partial charge is 0.193 e. The molecular formula is C51H46O14. The van der Waals surface area contributed by atoms with E-state index in [1.807, 2.05) is 91.0 Å². The lowest BCUT2D eigenvalue weighted by molar-refractivity contribution is -0.126. The van der Waals surface area contributed by atoms with E-state index in [-0.39, 0.29) is 69.5 Å². The van der Waals surface area contributed by atoms with Crippen molar-refractivity contribution >= 4 is 11.0 Å². The fourth-order valence-electron chi connectivity index (χ4n) is 8.56. The van der Waals surface area contributed by atoms with Crippen molar-refractivity contribution in [1.29, 1.82) is 0 Å². The minimum absolute atomic E-state index is 0.0000617. The summed E-state index contributed by atoms with van der Waals surface area (Å²) in [6, 6.07) is 34.7. The van der Waals surface area contributed by atoms with Crippen molar-refractivity contribution < 1.29 is 53.4 Å². The summed E-state index contributed by atoms with van der Waals surface area (Å²) in [7, 11) is 0. The third-order valence-corrected chi connectivity index (χ3v) is 12.1. The Morgan fingerprint density at radius 3 is 1.20 bits per heavy atom. The molecule has 8 atom stereocenters. The van der Waals surface area contributed by atoms with Crippen LogP contribution in [0, 0.1) is 0 Å². The van der Waals surface area contributed by atoms with E-state index >= 15 is 0 Å². The molecule has 2 aliphatic carbocycles. The molecule has 0 fully saturated rings. The number of benzene rings is 4. The number of hydrogen-bond acceptors (Lipinski definition) is 14. The Morgan fingerprint density at radius 1 is 0.415 bits per heavy atom. The average Bonchev–Trinajstić information content (AvgIpc) is 3.32. The SMILES string of the molecule is O=c1cc(CCc2ccccc2)oc2c1[C@@H](Oc1cc3c(=O)cc(CCc4ccccc4)oc3cc1O[C@@H]1c3c(oc(CCc4ccccc4)cc3=O)[C@H](O)[C@@H](O)[C@H]1O)[C@H](O)[C@H](O)[C@@H]2O. The number of aryl methyl sites for hydroxylation is 6. The van der Waals surface area contributed by atoms with Crippen molar-refractivity contribution in [3.05, 3.63) is 209 Å². The molecule has 3 heterocycles. The molecule has 0 saturated carbocycles. The maximum atomic E-state index is 14.0. The first-order valence-electron chi connectivity index (χ1n) is 21.4. The lowest BCUT2D eigenvalue weighted by atomic mass is 9.86. The van der Waals surface area contributed by atoms with Gasteiger partial charge in [-0.05, 0) is 42.0 Å². The molecular weight excluding hydrogens is 837 g/mol. The van der Waals surface area contributed by atoms with Gasteiger partial charge in [0.2, 0.25) is 0 Å². The van der Waals surface area contributed by atoms with E-state index < -0.39 is 65.1 Å². The van der Waals surface area contributed by atoms with Crippen LogP contribution in [0.4, 0.5) is 0 Å². The van der Waals surface area contributed by atoms with Gasteiger partial charge in [-0.25, -0.2) is 0 Å². The fourth-order valence-corrected chi connectivity index (χ4v) is 8.56. The molecule has 2 aliphatic rings. The first kappa shape index (κ1) is 43.6. The molecule has 14 heteroatoms. The number of aliphatic hydroxyl groups is 6. The van der Waals surface area contributed by atoms with Gasteiger partial charge in [0.1, 0.15) is 71.0 Å². The maximum Gasteiger partial charge on any atom is 0.193 e. The summed E-state index contributed by atoms with van der Waals surface area (Å²) in [5.74, 6) is -0.532. The molecule has 0 radical (unpaired) electrons. The Labute approximate surface area is 370 Å². The van der Waals surface area contributed by atoms with E-state index in [9.17, 15) is 45.0 Å². The second kappa shape index (κ2) is 18.4. The Kier molecular flexibility index (Phi) is 12.4. The molecule has 9 rings (SSSR count). The summed E-state index contributed by atoms with van der Waals surface area (Å²) >= 11 is 0. The van der Waals surface area contributed by atoms with Gasteiger partial charge in [-0.1, -0.05) is 91.0 Å². The topological polar surface area (TPSA) is 230 Å². The van der Waals surface area contributed by atoms with Crippen LogP contribution in [0.5, 0.6) is 11.5 Å². The minimum Gasteiger partial charge on any atom is -0.479 e. The van der Waals surface area contributed by atoms with Gasteiger partial charge in [0.25, 0.3) is 0 Å². The summed E-state index contributed by atoms with van der Waals surface area (Å²) in [5.41, 5.74) is 0.502. The van der Waals surface area contributed by atoms with Crippen molar-refractivity contribution in [3.63, 3.8) is 0 Å². The number of fused-ring (bicyclic) bond motifs is 3. The van der Waals surface area contributed by atoms with Crippen molar-refractivity contribution in [2.75, 3.05) is 0 Å². The fraction of sp³-hybridized carbons (Fsp3) is 0.275. The lowest BCUT2D eigenvalue weighted by Crippen LogP contribution is -2.46. The Hall–Kier alpha value is -6.65. The van der Waals surface area contributed by atoms with E-state index in [1.54, 1.807) is 0 Å². The van der Waals surface area contributed by atoms with E-state index in [2.05, 4.69) is 0 Å². The van der Waals surface area contributed by atoms with Crippen molar-refractivity contribution in [2.24, 2.45) is 0 Å². The van der Waals surface area contributed by atoms with Crippen LogP contribution >= 0.6 is 0 Å². The highest BCUT2D eigenvalue weighted by Gasteiger charge is 2.48. The van der Waals surface area contributed by atoms with E-state index in [1.165, 1.54) is 30.3 Å². The highest BCUT2D eigenvalue weighted by atomic mass is 16.6. The van der Waals surface area contributed by atoms with E-state index in [0.29, 0.717) is 31.4 Å². The molecule has 7 aromatic rings. The van der Waals surface area contributed by atoms with Crippen LogP contribution in [-0.4, -0.2) is 55.1 Å². The monoisotopic (exact) mass is 882 g/mol. The predicted molar refractivity (Wildman–Crippen MR) is 235 cm³/mol. The van der Waals surface area contributed by atoms with Crippen LogP contribution in [-0.2, 0) is 38.5 Å². The molecule has 334 valence electrons. The van der Waals surface area contributed by atoms with Gasteiger partial charge in [-0.15, -0.1) is 0 Å².